The highest BCUT2D eigenvalue weighted by Gasteiger charge is 2.37. The van der Waals surface area contributed by atoms with Gasteiger partial charge in [-0.3, -0.25) is 9.10 Å². The van der Waals surface area contributed by atoms with Crippen molar-refractivity contribution in [3.05, 3.63) is 72.8 Å². The third-order valence-corrected chi connectivity index (χ3v) is 6.96. The van der Waals surface area contributed by atoms with E-state index in [9.17, 15) is 13.2 Å². The second-order valence-corrected chi connectivity index (χ2v) is 9.13. The second-order valence-electron chi connectivity index (χ2n) is 7.27. The largest absolute Gasteiger partial charge is 0.486 e. The molecule has 0 spiro atoms. The van der Waals surface area contributed by atoms with Crippen molar-refractivity contribution in [2.24, 2.45) is 0 Å². The van der Waals surface area contributed by atoms with Crippen molar-refractivity contribution in [3.8, 4) is 17.2 Å². The molecular weight excluding hydrogens is 432 g/mol. The van der Waals surface area contributed by atoms with Crippen LogP contribution >= 0.6 is 0 Å². The molecule has 0 saturated heterocycles. The minimum Gasteiger partial charge on any atom is -0.486 e. The molecule has 164 valence electrons. The fourth-order valence-corrected chi connectivity index (χ4v) is 5.13. The topological polar surface area (TPSA) is 94.2 Å². The summed E-state index contributed by atoms with van der Waals surface area (Å²) in [6.07, 6.45) is -1.04. The molecule has 3 aromatic rings. The number of carbonyl (C=O) groups is 1. The van der Waals surface area contributed by atoms with Crippen LogP contribution in [0.4, 0.5) is 11.4 Å². The summed E-state index contributed by atoms with van der Waals surface area (Å²) in [4.78, 5) is 13.2. The van der Waals surface area contributed by atoms with Gasteiger partial charge < -0.3 is 19.5 Å². The standard InChI is InChI=1S/C23H20N2O6S/c26-23(24-16-10-11-20-21(14-16)30-13-12-29-20)22-15-25(18-8-4-5-9-19(18)31-22)32(27,28)17-6-2-1-3-7-17/h1-11,14,22H,12-13,15H2,(H,24,26)/t22-/m0/s1. The van der Waals surface area contributed by atoms with E-state index in [4.69, 9.17) is 14.2 Å². The van der Waals surface area contributed by atoms with Crippen molar-refractivity contribution in [1.82, 2.24) is 0 Å². The molecule has 5 rings (SSSR count). The number of nitrogens with zero attached hydrogens (tertiary/aromatic N) is 1. The molecule has 0 radical (unpaired) electrons. The minimum absolute atomic E-state index is 0.141. The van der Waals surface area contributed by atoms with E-state index in [1.807, 2.05) is 0 Å². The summed E-state index contributed by atoms with van der Waals surface area (Å²) < 4.78 is 44.8. The predicted molar refractivity (Wildman–Crippen MR) is 118 cm³/mol. The average Bonchev–Trinajstić information content (AvgIpc) is 2.83. The van der Waals surface area contributed by atoms with Gasteiger partial charge in [-0.1, -0.05) is 30.3 Å². The molecule has 2 aliphatic heterocycles. The van der Waals surface area contributed by atoms with Crippen molar-refractivity contribution in [2.45, 2.75) is 11.0 Å². The van der Waals surface area contributed by atoms with Crippen LogP contribution in [0.25, 0.3) is 0 Å². The van der Waals surface area contributed by atoms with E-state index in [-0.39, 0.29) is 11.4 Å². The lowest BCUT2D eigenvalue weighted by atomic mass is 10.2. The number of hydrogen-bond acceptors (Lipinski definition) is 6. The Kier molecular flexibility index (Phi) is 5.10. The van der Waals surface area contributed by atoms with Gasteiger partial charge in [0.25, 0.3) is 15.9 Å². The third kappa shape index (κ3) is 3.71. The Morgan fingerprint density at radius 3 is 2.41 bits per heavy atom. The normalized spacial score (nSPS) is 17.1. The van der Waals surface area contributed by atoms with Crippen LogP contribution in [0.5, 0.6) is 17.2 Å². The Labute approximate surface area is 185 Å². The van der Waals surface area contributed by atoms with E-state index in [0.717, 1.165) is 0 Å². The highest BCUT2D eigenvalue weighted by Crippen LogP contribution is 2.37. The van der Waals surface area contributed by atoms with Crippen molar-refractivity contribution in [2.75, 3.05) is 29.4 Å². The van der Waals surface area contributed by atoms with Crippen molar-refractivity contribution < 1.29 is 27.4 Å². The SMILES string of the molecule is O=C(Nc1ccc2c(c1)OCCO2)[C@@H]1CN(S(=O)(=O)c2ccccc2)c2ccccc2O1. The lowest BCUT2D eigenvalue weighted by Gasteiger charge is -2.34. The number of hydrogen-bond donors (Lipinski definition) is 1. The number of sulfonamides is 1. The first kappa shape index (κ1) is 20.2. The molecule has 2 heterocycles. The second kappa shape index (κ2) is 8.08. The molecule has 0 aliphatic carbocycles. The number of fused-ring (bicyclic) bond motifs is 2. The summed E-state index contributed by atoms with van der Waals surface area (Å²) in [6.45, 7) is 0.740. The van der Waals surface area contributed by atoms with Crippen molar-refractivity contribution in [3.63, 3.8) is 0 Å². The Bertz CT molecular complexity index is 1260. The molecule has 0 saturated carbocycles. The van der Waals surface area contributed by atoms with Gasteiger partial charge in [0, 0.05) is 11.8 Å². The maximum atomic E-state index is 13.3. The van der Waals surface area contributed by atoms with Gasteiger partial charge in [0.1, 0.15) is 19.0 Å². The lowest BCUT2D eigenvalue weighted by molar-refractivity contribution is -0.122. The van der Waals surface area contributed by atoms with E-state index >= 15 is 0 Å². The number of ether oxygens (including phenoxy) is 3. The molecule has 9 heteroatoms. The molecular formula is C23H20N2O6S. The van der Waals surface area contributed by atoms with Gasteiger partial charge in [-0.15, -0.1) is 0 Å². The number of amides is 1. The van der Waals surface area contributed by atoms with Crippen LogP contribution in [-0.2, 0) is 14.8 Å². The number of para-hydroxylation sites is 2. The summed E-state index contributed by atoms with van der Waals surface area (Å²) in [5, 5.41) is 2.78. The highest BCUT2D eigenvalue weighted by molar-refractivity contribution is 7.92. The first-order valence-electron chi connectivity index (χ1n) is 10.1. The van der Waals surface area contributed by atoms with Gasteiger partial charge in [-0.2, -0.15) is 0 Å². The summed E-state index contributed by atoms with van der Waals surface area (Å²) in [5.74, 6) is 1.000. The summed E-state index contributed by atoms with van der Waals surface area (Å²) >= 11 is 0. The van der Waals surface area contributed by atoms with E-state index < -0.39 is 22.0 Å². The highest BCUT2D eigenvalue weighted by atomic mass is 32.2. The molecule has 1 amide bonds. The first-order valence-corrected chi connectivity index (χ1v) is 11.5. The molecule has 3 aromatic carbocycles. The van der Waals surface area contributed by atoms with Crippen LogP contribution in [0.2, 0.25) is 0 Å². The molecule has 0 bridgehead atoms. The first-order chi connectivity index (χ1) is 15.5. The molecule has 0 fully saturated rings. The van der Waals surface area contributed by atoms with Gasteiger partial charge >= 0.3 is 0 Å². The molecule has 0 aromatic heterocycles. The van der Waals surface area contributed by atoms with Crippen LogP contribution in [0, 0.1) is 0 Å². The van der Waals surface area contributed by atoms with Gasteiger partial charge in [0.15, 0.2) is 17.6 Å². The van der Waals surface area contributed by atoms with Crippen molar-refractivity contribution in [1.29, 1.82) is 0 Å². The number of anilines is 2. The van der Waals surface area contributed by atoms with E-state index in [1.54, 1.807) is 60.7 Å². The van der Waals surface area contributed by atoms with E-state index in [0.29, 0.717) is 41.8 Å². The third-order valence-electron chi connectivity index (χ3n) is 5.17. The maximum Gasteiger partial charge on any atom is 0.267 e. The minimum atomic E-state index is -3.89. The Hall–Kier alpha value is -3.72. The Morgan fingerprint density at radius 2 is 1.59 bits per heavy atom. The van der Waals surface area contributed by atoms with E-state index in [1.165, 1.54) is 16.4 Å². The maximum absolute atomic E-state index is 13.3. The zero-order valence-electron chi connectivity index (χ0n) is 16.9. The Balaban J connectivity index is 1.43. The van der Waals surface area contributed by atoms with E-state index in [2.05, 4.69) is 5.32 Å². The fraction of sp³-hybridized carbons (Fsp3) is 0.174. The number of rotatable bonds is 4. The molecule has 8 nitrogen and oxygen atoms in total. The zero-order valence-corrected chi connectivity index (χ0v) is 17.7. The van der Waals surface area contributed by atoms with Crippen LogP contribution in [0.15, 0.2) is 77.7 Å². The molecule has 1 atom stereocenters. The van der Waals surface area contributed by atoms with Crippen LogP contribution in [0.3, 0.4) is 0 Å². The monoisotopic (exact) mass is 452 g/mol. The van der Waals surface area contributed by atoms with Gasteiger partial charge in [0.2, 0.25) is 0 Å². The molecule has 32 heavy (non-hydrogen) atoms. The lowest BCUT2D eigenvalue weighted by Crippen LogP contribution is -2.48. The summed E-state index contributed by atoms with van der Waals surface area (Å²) in [6, 6.07) is 20.0. The number of benzene rings is 3. The van der Waals surface area contributed by atoms with Crippen LogP contribution in [0.1, 0.15) is 0 Å². The Morgan fingerprint density at radius 1 is 0.875 bits per heavy atom. The van der Waals surface area contributed by atoms with Gasteiger partial charge in [0.05, 0.1) is 17.1 Å². The molecule has 0 unspecified atom stereocenters. The fourth-order valence-electron chi connectivity index (χ4n) is 3.63. The van der Waals surface area contributed by atoms with Gasteiger partial charge in [-0.25, -0.2) is 8.42 Å². The van der Waals surface area contributed by atoms with Gasteiger partial charge in [-0.05, 0) is 36.4 Å². The van der Waals surface area contributed by atoms with Crippen LogP contribution in [-0.4, -0.2) is 40.2 Å². The molecule has 1 N–H and O–H groups in total. The zero-order chi connectivity index (χ0) is 22.1. The number of carbonyl (C=O) groups excluding carboxylic acids is 1. The summed E-state index contributed by atoms with van der Waals surface area (Å²) in [7, 11) is -3.89. The molecule has 2 aliphatic rings. The van der Waals surface area contributed by atoms with Crippen LogP contribution < -0.4 is 23.8 Å². The summed E-state index contributed by atoms with van der Waals surface area (Å²) in [5.41, 5.74) is 0.888. The predicted octanol–water partition coefficient (Wildman–Crippen LogP) is 3.05. The smallest absolute Gasteiger partial charge is 0.267 e. The number of nitrogens with one attached hydrogen (secondary N) is 1. The van der Waals surface area contributed by atoms with Crippen molar-refractivity contribution >= 4 is 27.3 Å². The average molecular weight is 452 g/mol. The quantitative estimate of drug-likeness (QED) is 0.654.